The molecule has 0 saturated carbocycles. The Kier molecular flexibility index (Phi) is 8.36. The normalized spacial score (nSPS) is 13.1. The number of nitrogens with zero attached hydrogens (tertiary/aromatic N) is 1. The second kappa shape index (κ2) is 10.8. The fourth-order valence-corrected chi connectivity index (χ4v) is 4.09. The van der Waals surface area contributed by atoms with E-state index in [0.29, 0.717) is 17.3 Å². The molecule has 1 aromatic heterocycles. The van der Waals surface area contributed by atoms with E-state index >= 15 is 0 Å². The van der Waals surface area contributed by atoms with Crippen LogP contribution < -0.4 is 34.3 Å². The molecule has 0 atom stereocenters. The van der Waals surface area contributed by atoms with Gasteiger partial charge in [-0.05, 0) is 78.4 Å². The number of rotatable bonds is 6. The number of carboxylic acid groups (broad SMARTS) is 1. The molecule has 0 unspecified atom stereocenters. The minimum atomic E-state index is -1.03. The maximum atomic E-state index is 11.3. The summed E-state index contributed by atoms with van der Waals surface area (Å²) in [5.41, 5.74) is 4.91. The van der Waals surface area contributed by atoms with Crippen molar-refractivity contribution in [2.24, 2.45) is 0 Å². The first kappa shape index (κ1) is 24.0. The zero-order valence-electron chi connectivity index (χ0n) is 18.1. The van der Waals surface area contributed by atoms with E-state index in [1.165, 1.54) is 6.07 Å². The SMILES string of the molecule is O=C(O)c1cccc(C2=C(c3cc(Cl)ccc3OCc3ccc(Br)cc3)CCC2)n1.[H-].[Na+]. The molecule has 154 valence electrons. The molecule has 31 heavy (non-hydrogen) atoms. The van der Waals surface area contributed by atoms with Gasteiger partial charge in [-0.3, -0.25) is 0 Å². The first-order valence-corrected chi connectivity index (χ1v) is 10.8. The summed E-state index contributed by atoms with van der Waals surface area (Å²) in [6.45, 7) is 0.442. The van der Waals surface area contributed by atoms with Crippen molar-refractivity contribution in [3.8, 4) is 5.75 Å². The molecule has 7 heteroatoms. The van der Waals surface area contributed by atoms with Gasteiger partial charge in [0.25, 0.3) is 0 Å². The van der Waals surface area contributed by atoms with Crippen LogP contribution in [0.25, 0.3) is 11.1 Å². The molecule has 2 aromatic carbocycles. The molecule has 0 saturated heterocycles. The van der Waals surface area contributed by atoms with Crippen molar-refractivity contribution in [3.63, 3.8) is 0 Å². The molecule has 0 radical (unpaired) electrons. The number of carbonyl (C=O) groups is 1. The first-order valence-electron chi connectivity index (χ1n) is 9.61. The van der Waals surface area contributed by atoms with Gasteiger partial charge >= 0.3 is 35.5 Å². The minimum Gasteiger partial charge on any atom is -1.00 e. The van der Waals surface area contributed by atoms with Gasteiger partial charge in [-0.2, -0.15) is 0 Å². The van der Waals surface area contributed by atoms with Gasteiger partial charge in [-0.25, -0.2) is 9.78 Å². The van der Waals surface area contributed by atoms with Gasteiger partial charge < -0.3 is 11.3 Å². The van der Waals surface area contributed by atoms with Crippen LogP contribution in [-0.2, 0) is 6.61 Å². The van der Waals surface area contributed by atoms with Gasteiger partial charge in [-0.15, -0.1) is 0 Å². The van der Waals surface area contributed by atoms with Crippen molar-refractivity contribution in [1.82, 2.24) is 4.98 Å². The largest absolute Gasteiger partial charge is 1.00 e. The quantitative estimate of drug-likeness (QED) is 0.512. The molecule has 1 heterocycles. The Morgan fingerprint density at radius 1 is 1.10 bits per heavy atom. The molecular formula is C24H20BrClNNaO3. The standard InChI is InChI=1S/C24H19BrClNO3.Na.H/c25-16-9-7-15(8-10-16)14-30-23-12-11-17(26)13-20(23)18-3-1-4-19(18)21-5-2-6-22(27-21)24(28)29;;/h2,5-13H,1,3-4,14H2,(H,28,29);;/q;+1;-1. The third kappa shape index (κ3) is 5.79. The summed E-state index contributed by atoms with van der Waals surface area (Å²) >= 11 is 9.76. The van der Waals surface area contributed by atoms with Gasteiger partial charge in [0.05, 0.1) is 5.69 Å². The van der Waals surface area contributed by atoms with E-state index in [2.05, 4.69) is 20.9 Å². The van der Waals surface area contributed by atoms with Gasteiger partial charge in [-0.1, -0.05) is 45.7 Å². The summed E-state index contributed by atoms with van der Waals surface area (Å²) in [6, 6.07) is 18.7. The van der Waals surface area contributed by atoms with Crippen LogP contribution in [0, 0.1) is 0 Å². The second-order valence-corrected chi connectivity index (χ2v) is 8.43. The van der Waals surface area contributed by atoms with E-state index < -0.39 is 5.97 Å². The summed E-state index contributed by atoms with van der Waals surface area (Å²) in [6.07, 6.45) is 2.68. The van der Waals surface area contributed by atoms with Crippen molar-refractivity contribution in [2.45, 2.75) is 25.9 Å². The topological polar surface area (TPSA) is 59.4 Å². The van der Waals surface area contributed by atoms with E-state index in [1.54, 1.807) is 6.07 Å². The molecule has 3 aromatic rings. The van der Waals surface area contributed by atoms with Crippen LogP contribution >= 0.6 is 27.5 Å². The number of ether oxygens (including phenoxy) is 1. The van der Waals surface area contributed by atoms with Gasteiger partial charge in [0.2, 0.25) is 0 Å². The predicted octanol–water partition coefficient (Wildman–Crippen LogP) is 3.99. The number of aromatic carboxylic acids is 1. The number of benzene rings is 2. The van der Waals surface area contributed by atoms with E-state index in [0.717, 1.165) is 51.8 Å². The fraction of sp³-hybridized carbons (Fsp3) is 0.167. The number of hydrogen-bond acceptors (Lipinski definition) is 3. The van der Waals surface area contributed by atoms with E-state index in [1.807, 2.05) is 48.5 Å². The van der Waals surface area contributed by atoms with E-state index in [9.17, 15) is 9.90 Å². The fourth-order valence-electron chi connectivity index (χ4n) is 3.65. The molecule has 1 aliphatic rings. The Labute approximate surface area is 218 Å². The van der Waals surface area contributed by atoms with Crippen molar-refractivity contribution in [3.05, 3.63) is 92.7 Å². The predicted molar refractivity (Wildman–Crippen MR) is 123 cm³/mol. The molecule has 1 aliphatic carbocycles. The summed E-state index contributed by atoms with van der Waals surface area (Å²) in [4.78, 5) is 15.7. The Hall–Kier alpha value is -1.63. The Morgan fingerprint density at radius 2 is 1.84 bits per heavy atom. The van der Waals surface area contributed by atoms with Gasteiger partial charge in [0.1, 0.15) is 18.1 Å². The van der Waals surface area contributed by atoms with E-state index in [4.69, 9.17) is 16.3 Å². The van der Waals surface area contributed by atoms with Crippen LogP contribution in [0.4, 0.5) is 0 Å². The summed E-state index contributed by atoms with van der Waals surface area (Å²) in [5.74, 6) is -0.274. The monoisotopic (exact) mass is 507 g/mol. The summed E-state index contributed by atoms with van der Waals surface area (Å²) in [7, 11) is 0. The number of hydrogen-bond donors (Lipinski definition) is 1. The van der Waals surface area contributed by atoms with Crippen LogP contribution in [-0.4, -0.2) is 16.1 Å². The zero-order chi connectivity index (χ0) is 21.1. The minimum absolute atomic E-state index is 0. The number of carboxylic acids is 1. The van der Waals surface area contributed by atoms with Crippen molar-refractivity contribution in [2.75, 3.05) is 0 Å². The van der Waals surface area contributed by atoms with Crippen LogP contribution in [0.1, 0.15) is 48.0 Å². The molecule has 0 spiro atoms. The van der Waals surface area contributed by atoms with Crippen LogP contribution in [0.3, 0.4) is 0 Å². The third-order valence-corrected chi connectivity index (χ3v) is 5.83. The van der Waals surface area contributed by atoms with Crippen molar-refractivity contribution >= 4 is 44.6 Å². The number of halogens is 2. The molecule has 1 N–H and O–H groups in total. The number of aromatic nitrogens is 1. The second-order valence-electron chi connectivity index (χ2n) is 7.08. The average molecular weight is 509 g/mol. The summed E-state index contributed by atoms with van der Waals surface area (Å²) < 4.78 is 7.18. The first-order chi connectivity index (χ1) is 14.5. The van der Waals surface area contributed by atoms with Crippen LogP contribution in [0.2, 0.25) is 5.02 Å². The van der Waals surface area contributed by atoms with Crippen LogP contribution in [0.15, 0.2) is 65.1 Å². The van der Waals surface area contributed by atoms with Crippen LogP contribution in [0.5, 0.6) is 5.75 Å². The maximum absolute atomic E-state index is 11.3. The van der Waals surface area contributed by atoms with Gasteiger partial charge in [0.15, 0.2) is 0 Å². The average Bonchev–Trinajstić information content (AvgIpc) is 3.24. The Morgan fingerprint density at radius 3 is 2.58 bits per heavy atom. The molecule has 4 nitrogen and oxygen atoms in total. The van der Waals surface area contributed by atoms with Gasteiger partial charge in [0, 0.05) is 15.1 Å². The Bertz CT molecular complexity index is 1140. The molecular weight excluding hydrogens is 489 g/mol. The molecule has 0 fully saturated rings. The number of pyridine rings is 1. The molecule has 0 bridgehead atoms. The smallest absolute Gasteiger partial charge is 1.00 e. The third-order valence-electron chi connectivity index (χ3n) is 5.07. The molecule has 0 aliphatic heterocycles. The summed E-state index contributed by atoms with van der Waals surface area (Å²) in [5, 5.41) is 9.92. The van der Waals surface area contributed by atoms with Crippen molar-refractivity contribution < 1.29 is 45.6 Å². The van der Waals surface area contributed by atoms with E-state index in [-0.39, 0.29) is 36.7 Å². The van der Waals surface area contributed by atoms with Crippen molar-refractivity contribution in [1.29, 1.82) is 0 Å². The Balaban J connectivity index is 0.00000181. The maximum Gasteiger partial charge on any atom is 1.00 e. The molecule has 0 amide bonds. The number of allylic oxidation sites excluding steroid dienone is 2. The molecule has 4 rings (SSSR count). The zero-order valence-corrected chi connectivity index (χ0v) is 21.4.